The molecule has 0 spiro atoms. The number of nitrogens with one attached hydrogen (secondary N) is 1. The van der Waals surface area contributed by atoms with Crippen LogP contribution in [0.15, 0.2) is 18.3 Å². The third-order valence-corrected chi connectivity index (χ3v) is 7.47. The van der Waals surface area contributed by atoms with Crippen molar-refractivity contribution in [3.05, 3.63) is 46.1 Å². The Labute approximate surface area is 238 Å². The smallest absolute Gasteiger partial charge is 0.257 e. The molecule has 1 fully saturated rings. The van der Waals surface area contributed by atoms with E-state index in [9.17, 15) is 4.79 Å². The van der Waals surface area contributed by atoms with Gasteiger partial charge in [-0.3, -0.25) is 4.79 Å². The number of halogens is 3. The number of carbonyl (C=O) groups is 1. The second-order valence-corrected chi connectivity index (χ2v) is 10.6. The van der Waals surface area contributed by atoms with Gasteiger partial charge in [-0.1, -0.05) is 23.1 Å². The zero-order valence-electron chi connectivity index (χ0n) is 23.4. The summed E-state index contributed by atoms with van der Waals surface area (Å²) in [5, 5.41) is 10.8. The van der Waals surface area contributed by atoms with E-state index in [-0.39, 0.29) is 27.6 Å². The van der Waals surface area contributed by atoms with Gasteiger partial charge in [0.2, 0.25) is 0 Å². The lowest BCUT2D eigenvalue weighted by Gasteiger charge is -2.35. The zero-order chi connectivity index (χ0) is 29.1. The number of nitrogens with two attached hydrogens (primary N) is 1. The Hall–Kier alpha value is -3.42. The third kappa shape index (κ3) is 6.16. The summed E-state index contributed by atoms with van der Waals surface area (Å²) in [6, 6.07) is 2.60. The van der Waals surface area contributed by atoms with Crippen molar-refractivity contribution in [2.45, 2.75) is 13.2 Å². The second-order valence-electron chi connectivity index (χ2n) is 10.2. The van der Waals surface area contributed by atoms with Gasteiger partial charge in [-0.15, -0.1) is 5.10 Å². The minimum Gasteiger partial charge on any atom is -0.494 e. The standard InChI is InChI=1S/C26H34BClF2N8O2/c1-15-21(28)16(12-18(31)25(15)40-5)26(39)32-23-19(37-10-8-36(4)9-11-37)13-17(29)24(22(23)30)38-14-20(33-34-38)27-6-7-35(2)3/h12-14,27H,6-11,31H2,1-5H3,(H,32,39). The topological polar surface area (TPSA) is 105 Å². The van der Waals surface area contributed by atoms with E-state index in [1.807, 2.05) is 30.9 Å². The fourth-order valence-corrected chi connectivity index (χ4v) is 4.97. The molecule has 0 atom stereocenters. The molecular weight excluding hydrogens is 541 g/mol. The maximum absolute atomic E-state index is 16.3. The predicted molar refractivity (Wildman–Crippen MR) is 156 cm³/mol. The van der Waals surface area contributed by atoms with Crippen LogP contribution in [-0.4, -0.2) is 99.0 Å². The highest BCUT2D eigenvalue weighted by molar-refractivity contribution is 6.52. The first-order chi connectivity index (χ1) is 19.0. The maximum Gasteiger partial charge on any atom is 0.257 e. The molecule has 0 saturated carbocycles. The van der Waals surface area contributed by atoms with Crippen molar-refractivity contribution >= 4 is 47.4 Å². The molecule has 1 saturated heterocycles. The van der Waals surface area contributed by atoms with Gasteiger partial charge in [0.05, 0.1) is 29.1 Å². The summed E-state index contributed by atoms with van der Waals surface area (Å²) in [6.07, 6.45) is 2.31. The molecule has 1 amide bonds. The lowest BCUT2D eigenvalue weighted by Crippen LogP contribution is -2.45. The molecular formula is C26H34BClF2N8O2. The largest absolute Gasteiger partial charge is 0.494 e. The van der Waals surface area contributed by atoms with Crippen molar-refractivity contribution in [3.63, 3.8) is 0 Å². The monoisotopic (exact) mass is 574 g/mol. The molecule has 2 heterocycles. The van der Waals surface area contributed by atoms with E-state index in [1.165, 1.54) is 25.4 Å². The Morgan fingerprint density at radius 2 is 1.95 bits per heavy atom. The fourth-order valence-electron chi connectivity index (χ4n) is 4.74. The number of likely N-dealkylation sites (N-methyl/N-ethyl adjacent to an activating group) is 1. The summed E-state index contributed by atoms with van der Waals surface area (Å²) in [5.41, 5.74) is 7.00. The molecule has 40 heavy (non-hydrogen) atoms. The van der Waals surface area contributed by atoms with Crippen LogP contribution in [0, 0.1) is 18.6 Å². The van der Waals surface area contributed by atoms with Gasteiger partial charge >= 0.3 is 0 Å². The Bertz CT molecular complexity index is 1400. The average molecular weight is 575 g/mol. The SMILES string of the molecule is COc1c(N)cc(C(=O)Nc2c(N3CCN(C)CC3)cc(F)c(-n3cc(BCCN(C)C)nn3)c2F)c(Cl)c1C. The molecule has 2 aromatic carbocycles. The Morgan fingerprint density at radius 3 is 2.60 bits per heavy atom. The van der Waals surface area contributed by atoms with Crippen LogP contribution >= 0.6 is 11.6 Å². The van der Waals surface area contributed by atoms with Crippen molar-refractivity contribution in [1.29, 1.82) is 0 Å². The molecule has 0 bridgehead atoms. The van der Waals surface area contributed by atoms with Gasteiger partial charge in [-0.25, -0.2) is 13.5 Å². The molecule has 3 aromatic rings. The number of rotatable bonds is 9. The van der Waals surface area contributed by atoms with E-state index < -0.39 is 23.2 Å². The number of methoxy groups -OCH3 is 1. The van der Waals surface area contributed by atoms with E-state index in [4.69, 9.17) is 22.1 Å². The predicted octanol–water partition coefficient (Wildman–Crippen LogP) is 2.14. The number of nitrogens with zero attached hydrogens (tertiary/aromatic N) is 6. The van der Waals surface area contributed by atoms with Crippen molar-refractivity contribution < 1.29 is 18.3 Å². The van der Waals surface area contributed by atoms with E-state index in [0.29, 0.717) is 50.4 Å². The summed E-state index contributed by atoms with van der Waals surface area (Å²) in [5.74, 6) is -2.14. The summed E-state index contributed by atoms with van der Waals surface area (Å²) in [4.78, 5) is 19.5. The van der Waals surface area contributed by atoms with Crippen LogP contribution in [0.2, 0.25) is 11.3 Å². The summed E-state index contributed by atoms with van der Waals surface area (Å²) < 4.78 is 38.2. The Morgan fingerprint density at radius 1 is 1.25 bits per heavy atom. The quantitative estimate of drug-likeness (QED) is 0.296. The first kappa shape index (κ1) is 29.6. The van der Waals surface area contributed by atoms with Crippen LogP contribution in [0.4, 0.5) is 25.8 Å². The van der Waals surface area contributed by atoms with Crippen molar-refractivity contribution in [3.8, 4) is 11.4 Å². The molecule has 14 heteroatoms. The number of anilines is 3. The highest BCUT2D eigenvalue weighted by Crippen LogP contribution is 2.38. The molecule has 1 aromatic heterocycles. The van der Waals surface area contributed by atoms with Crippen LogP contribution in [0.5, 0.6) is 5.75 Å². The fraction of sp³-hybridized carbons (Fsp3) is 0.423. The number of aromatic nitrogens is 3. The van der Waals surface area contributed by atoms with Crippen LogP contribution in [-0.2, 0) is 0 Å². The van der Waals surface area contributed by atoms with Crippen LogP contribution in [0.3, 0.4) is 0 Å². The first-order valence-corrected chi connectivity index (χ1v) is 13.3. The van der Waals surface area contributed by atoms with Gasteiger partial charge in [-0.05, 0) is 40.7 Å². The van der Waals surface area contributed by atoms with Crippen LogP contribution in [0.25, 0.3) is 5.69 Å². The molecule has 3 N–H and O–H groups in total. The number of benzene rings is 2. The molecule has 1 aliphatic rings. The number of hydrogen-bond donors (Lipinski definition) is 2. The van der Waals surface area contributed by atoms with Gasteiger partial charge in [0, 0.05) is 49.6 Å². The Balaban J connectivity index is 1.75. The first-order valence-electron chi connectivity index (χ1n) is 13.0. The van der Waals surface area contributed by atoms with Crippen LogP contribution < -0.4 is 26.3 Å². The maximum atomic E-state index is 16.3. The number of nitrogen functional groups attached to an aromatic ring is 1. The second kappa shape index (κ2) is 12.4. The lowest BCUT2D eigenvalue weighted by atomic mass is 9.71. The van der Waals surface area contributed by atoms with Crippen LogP contribution in [0.1, 0.15) is 15.9 Å². The number of piperazine rings is 1. The molecule has 214 valence electrons. The third-order valence-electron chi connectivity index (χ3n) is 6.98. The average Bonchev–Trinajstić information content (AvgIpc) is 3.36. The van der Waals surface area contributed by atoms with Gasteiger partial charge < -0.3 is 30.5 Å². The van der Waals surface area contributed by atoms with Crippen molar-refractivity contribution in [2.75, 3.05) is 76.9 Å². The number of carbonyl (C=O) groups excluding carboxylic acids is 1. The zero-order valence-corrected chi connectivity index (χ0v) is 24.1. The lowest BCUT2D eigenvalue weighted by molar-refractivity contribution is 0.102. The molecule has 4 rings (SSSR count). The van der Waals surface area contributed by atoms with E-state index in [2.05, 4.69) is 20.5 Å². The molecule has 10 nitrogen and oxygen atoms in total. The minimum absolute atomic E-state index is 0.0380. The van der Waals surface area contributed by atoms with E-state index in [0.717, 1.165) is 17.5 Å². The van der Waals surface area contributed by atoms with E-state index in [1.54, 1.807) is 6.92 Å². The summed E-state index contributed by atoms with van der Waals surface area (Å²) in [6.45, 7) is 4.93. The molecule has 0 radical (unpaired) electrons. The summed E-state index contributed by atoms with van der Waals surface area (Å²) >= 11 is 6.48. The normalized spacial score (nSPS) is 14.1. The number of hydrogen-bond acceptors (Lipinski definition) is 8. The highest BCUT2D eigenvalue weighted by Gasteiger charge is 2.28. The minimum atomic E-state index is -0.971. The molecule has 0 aliphatic carbocycles. The van der Waals surface area contributed by atoms with Gasteiger partial charge in [0.1, 0.15) is 17.1 Å². The van der Waals surface area contributed by atoms with E-state index >= 15 is 8.78 Å². The number of ether oxygens (including phenoxy) is 1. The van der Waals surface area contributed by atoms with Gasteiger partial charge in [0.25, 0.3) is 5.91 Å². The molecule has 1 aliphatic heterocycles. The Kier molecular flexibility index (Phi) is 9.17. The summed E-state index contributed by atoms with van der Waals surface area (Å²) in [7, 11) is 7.96. The van der Waals surface area contributed by atoms with Crippen molar-refractivity contribution in [2.24, 2.45) is 0 Å². The number of amides is 1. The highest BCUT2D eigenvalue weighted by atomic mass is 35.5. The molecule has 0 unspecified atom stereocenters. The van der Waals surface area contributed by atoms with Gasteiger partial charge in [-0.2, -0.15) is 0 Å². The van der Waals surface area contributed by atoms with Crippen molar-refractivity contribution in [1.82, 2.24) is 24.8 Å². The van der Waals surface area contributed by atoms with Gasteiger partial charge in [0.15, 0.2) is 18.9 Å².